The number of hydrogen-bond acceptors (Lipinski definition) is 4. The van der Waals surface area contributed by atoms with E-state index < -0.39 is 0 Å². The summed E-state index contributed by atoms with van der Waals surface area (Å²) in [5.41, 5.74) is 1.03. The van der Waals surface area contributed by atoms with E-state index in [0.717, 1.165) is 42.6 Å². The van der Waals surface area contributed by atoms with Crippen LogP contribution >= 0.6 is 11.3 Å². The summed E-state index contributed by atoms with van der Waals surface area (Å²) >= 11 is 1.51. The number of carbonyl (C=O) groups excluding carboxylic acids is 1. The predicted octanol–water partition coefficient (Wildman–Crippen LogP) is 2.41. The molecule has 0 radical (unpaired) electrons. The summed E-state index contributed by atoms with van der Waals surface area (Å²) in [7, 11) is 0. The van der Waals surface area contributed by atoms with Gasteiger partial charge >= 0.3 is 0 Å². The van der Waals surface area contributed by atoms with Crippen molar-refractivity contribution in [2.45, 2.75) is 6.92 Å². The highest BCUT2D eigenvalue weighted by Crippen LogP contribution is 2.17. The number of nitrogens with zero attached hydrogens (tertiary/aromatic N) is 3. The Kier molecular flexibility index (Phi) is 3.69. The van der Waals surface area contributed by atoms with E-state index in [1.807, 2.05) is 47.5 Å². The minimum Gasteiger partial charge on any atom is -0.353 e. The van der Waals surface area contributed by atoms with Gasteiger partial charge in [0.2, 0.25) is 0 Å². The zero-order valence-corrected chi connectivity index (χ0v) is 12.3. The first-order valence-electron chi connectivity index (χ1n) is 6.75. The number of pyridine rings is 1. The predicted molar refractivity (Wildman–Crippen MR) is 81.4 cm³/mol. The van der Waals surface area contributed by atoms with Gasteiger partial charge in [-0.15, -0.1) is 11.3 Å². The van der Waals surface area contributed by atoms with Crippen molar-refractivity contribution in [2.75, 3.05) is 31.1 Å². The van der Waals surface area contributed by atoms with E-state index in [1.165, 1.54) is 11.3 Å². The lowest BCUT2D eigenvalue weighted by molar-refractivity contribution is 0.0751. The molecule has 1 aliphatic rings. The summed E-state index contributed by atoms with van der Waals surface area (Å²) in [4.78, 5) is 21.8. The second kappa shape index (κ2) is 5.63. The molecule has 5 heteroatoms. The molecular formula is C15H17N3OS. The molecule has 0 unspecified atom stereocenters. The smallest absolute Gasteiger partial charge is 0.264 e. The molecule has 0 N–H and O–H groups in total. The Balaban J connectivity index is 1.64. The van der Waals surface area contributed by atoms with Crippen molar-refractivity contribution in [1.82, 2.24) is 9.88 Å². The summed E-state index contributed by atoms with van der Waals surface area (Å²) < 4.78 is 0. The van der Waals surface area contributed by atoms with Crippen LogP contribution in [-0.2, 0) is 0 Å². The average molecular weight is 287 g/mol. The van der Waals surface area contributed by atoms with Gasteiger partial charge < -0.3 is 9.80 Å². The Bertz CT molecular complexity index is 589. The molecule has 1 saturated heterocycles. The third kappa shape index (κ3) is 2.67. The van der Waals surface area contributed by atoms with Gasteiger partial charge in [-0.25, -0.2) is 4.98 Å². The fourth-order valence-corrected chi connectivity index (χ4v) is 3.09. The highest BCUT2D eigenvalue weighted by molar-refractivity contribution is 7.12. The van der Waals surface area contributed by atoms with E-state index in [9.17, 15) is 4.79 Å². The first-order chi connectivity index (χ1) is 9.74. The molecule has 0 saturated carbocycles. The van der Waals surface area contributed by atoms with Crippen LogP contribution in [0.1, 0.15) is 15.4 Å². The van der Waals surface area contributed by atoms with Crippen LogP contribution in [-0.4, -0.2) is 42.0 Å². The Labute approximate surface area is 122 Å². The summed E-state index contributed by atoms with van der Waals surface area (Å²) in [6.45, 7) is 5.19. The van der Waals surface area contributed by atoms with Crippen LogP contribution in [0.4, 0.5) is 5.82 Å². The minimum absolute atomic E-state index is 0.150. The van der Waals surface area contributed by atoms with E-state index in [4.69, 9.17) is 0 Å². The van der Waals surface area contributed by atoms with Gasteiger partial charge in [0.1, 0.15) is 5.82 Å². The molecule has 1 aliphatic heterocycles. The molecule has 2 aromatic rings. The first-order valence-corrected chi connectivity index (χ1v) is 7.63. The van der Waals surface area contributed by atoms with E-state index in [2.05, 4.69) is 9.88 Å². The Morgan fingerprint density at radius 2 is 1.95 bits per heavy atom. The Hall–Kier alpha value is -1.88. The molecule has 4 nitrogen and oxygen atoms in total. The van der Waals surface area contributed by atoms with Crippen molar-refractivity contribution in [1.29, 1.82) is 0 Å². The number of aromatic nitrogens is 1. The third-order valence-corrected chi connectivity index (χ3v) is 4.35. The number of piperazine rings is 1. The Morgan fingerprint density at radius 3 is 2.60 bits per heavy atom. The molecule has 2 aromatic heterocycles. The lowest BCUT2D eigenvalue weighted by Gasteiger charge is -2.35. The second-order valence-corrected chi connectivity index (χ2v) is 5.84. The summed E-state index contributed by atoms with van der Waals surface area (Å²) in [5, 5.41) is 1.94. The van der Waals surface area contributed by atoms with Crippen LogP contribution in [0, 0.1) is 6.92 Å². The number of anilines is 1. The van der Waals surface area contributed by atoms with E-state index in [1.54, 1.807) is 0 Å². The highest BCUT2D eigenvalue weighted by atomic mass is 32.1. The number of rotatable bonds is 2. The highest BCUT2D eigenvalue weighted by Gasteiger charge is 2.23. The maximum atomic E-state index is 12.3. The third-order valence-electron chi connectivity index (χ3n) is 3.50. The van der Waals surface area contributed by atoms with Crippen molar-refractivity contribution < 1.29 is 4.79 Å². The van der Waals surface area contributed by atoms with Crippen LogP contribution in [0.3, 0.4) is 0 Å². The van der Waals surface area contributed by atoms with Gasteiger partial charge in [-0.3, -0.25) is 4.79 Å². The normalized spacial score (nSPS) is 15.4. The topological polar surface area (TPSA) is 36.4 Å². The Morgan fingerprint density at radius 1 is 1.15 bits per heavy atom. The average Bonchev–Trinajstić information content (AvgIpc) is 3.01. The molecule has 0 aliphatic carbocycles. The first kappa shape index (κ1) is 13.1. The molecule has 1 amide bonds. The number of aryl methyl sites for hydroxylation is 1. The van der Waals surface area contributed by atoms with Crippen molar-refractivity contribution in [3.05, 3.63) is 46.3 Å². The van der Waals surface area contributed by atoms with E-state index in [-0.39, 0.29) is 5.91 Å². The number of carbonyl (C=O) groups is 1. The molecule has 1 fully saturated rings. The zero-order chi connectivity index (χ0) is 13.9. The second-order valence-electron chi connectivity index (χ2n) is 4.89. The van der Waals surface area contributed by atoms with Crippen LogP contribution in [0.5, 0.6) is 0 Å². The number of amides is 1. The molecule has 104 valence electrons. The fourth-order valence-electron chi connectivity index (χ4n) is 2.40. The molecular weight excluding hydrogens is 270 g/mol. The van der Waals surface area contributed by atoms with E-state index >= 15 is 0 Å². The molecule has 3 heterocycles. The maximum absolute atomic E-state index is 12.3. The molecule has 20 heavy (non-hydrogen) atoms. The summed E-state index contributed by atoms with van der Waals surface area (Å²) in [6.07, 6.45) is 0. The molecule has 3 rings (SSSR count). The molecule has 0 bridgehead atoms. The minimum atomic E-state index is 0.150. The van der Waals surface area contributed by atoms with Gasteiger partial charge in [0.05, 0.1) is 4.88 Å². The van der Waals surface area contributed by atoms with Crippen LogP contribution < -0.4 is 4.90 Å². The van der Waals surface area contributed by atoms with Gasteiger partial charge in [0, 0.05) is 31.9 Å². The van der Waals surface area contributed by atoms with Gasteiger partial charge in [0.15, 0.2) is 0 Å². The van der Waals surface area contributed by atoms with Crippen molar-refractivity contribution >= 4 is 23.1 Å². The quantitative estimate of drug-likeness (QED) is 0.851. The van der Waals surface area contributed by atoms with Gasteiger partial charge in [-0.05, 0) is 30.5 Å². The summed E-state index contributed by atoms with van der Waals surface area (Å²) in [6, 6.07) is 9.87. The fraction of sp³-hybridized carbons (Fsp3) is 0.333. The lowest BCUT2D eigenvalue weighted by Crippen LogP contribution is -2.48. The SMILES string of the molecule is Cc1cccc(N2CCN(C(=O)c3cccs3)CC2)n1. The molecule has 0 spiro atoms. The number of hydrogen-bond donors (Lipinski definition) is 0. The molecule has 0 atom stereocenters. The maximum Gasteiger partial charge on any atom is 0.264 e. The van der Waals surface area contributed by atoms with Crippen LogP contribution in [0.15, 0.2) is 35.7 Å². The van der Waals surface area contributed by atoms with Gasteiger partial charge in [-0.2, -0.15) is 0 Å². The van der Waals surface area contributed by atoms with Crippen LogP contribution in [0.25, 0.3) is 0 Å². The summed E-state index contributed by atoms with van der Waals surface area (Å²) in [5.74, 6) is 1.16. The van der Waals surface area contributed by atoms with Crippen molar-refractivity contribution in [3.8, 4) is 0 Å². The molecule has 0 aromatic carbocycles. The van der Waals surface area contributed by atoms with Crippen molar-refractivity contribution in [2.24, 2.45) is 0 Å². The monoisotopic (exact) mass is 287 g/mol. The van der Waals surface area contributed by atoms with Gasteiger partial charge in [-0.1, -0.05) is 12.1 Å². The number of thiophene rings is 1. The van der Waals surface area contributed by atoms with Gasteiger partial charge in [0.25, 0.3) is 5.91 Å². The standard InChI is InChI=1S/C15H17N3OS/c1-12-4-2-6-14(16-12)17-7-9-18(10-8-17)15(19)13-5-3-11-20-13/h2-6,11H,7-10H2,1H3. The lowest BCUT2D eigenvalue weighted by atomic mass is 10.2. The van der Waals surface area contributed by atoms with Crippen molar-refractivity contribution in [3.63, 3.8) is 0 Å². The van der Waals surface area contributed by atoms with Crippen LogP contribution in [0.2, 0.25) is 0 Å². The largest absolute Gasteiger partial charge is 0.353 e. The van der Waals surface area contributed by atoms with E-state index in [0.29, 0.717) is 0 Å². The zero-order valence-electron chi connectivity index (χ0n) is 11.5.